The second kappa shape index (κ2) is 7.84. The average Bonchev–Trinajstić information content (AvgIpc) is 2.61. The van der Waals surface area contributed by atoms with Gasteiger partial charge in [-0.15, -0.1) is 0 Å². The lowest BCUT2D eigenvalue weighted by Gasteiger charge is -2.11. The van der Waals surface area contributed by atoms with Crippen LogP contribution >= 0.6 is 11.6 Å². The van der Waals surface area contributed by atoms with E-state index in [0.29, 0.717) is 29.0 Å². The molecule has 3 rings (SSSR count). The summed E-state index contributed by atoms with van der Waals surface area (Å²) in [4.78, 5) is 19.6. The Balaban J connectivity index is 1.73. The van der Waals surface area contributed by atoms with Crippen molar-refractivity contribution in [3.8, 4) is 0 Å². The van der Waals surface area contributed by atoms with Gasteiger partial charge in [-0.1, -0.05) is 29.8 Å². The first kappa shape index (κ1) is 17.7. The number of hydrogen-bond acceptors (Lipinski definition) is 5. The molecule has 0 spiro atoms. The van der Waals surface area contributed by atoms with E-state index in [1.807, 2.05) is 24.3 Å². The van der Waals surface area contributed by atoms with E-state index in [1.54, 1.807) is 25.1 Å². The minimum absolute atomic E-state index is 0.233. The molecule has 0 saturated heterocycles. The third-order valence-electron chi connectivity index (χ3n) is 3.66. The first-order chi connectivity index (χ1) is 12.5. The van der Waals surface area contributed by atoms with Gasteiger partial charge in [-0.2, -0.15) is 0 Å². The number of aromatic nitrogens is 2. The van der Waals surface area contributed by atoms with Gasteiger partial charge in [-0.3, -0.25) is 0 Å². The van der Waals surface area contributed by atoms with E-state index in [4.69, 9.17) is 16.7 Å². The van der Waals surface area contributed by atoms with Crippen LogP contribution in [0.1, 0.15) is 21.7 Å². The first-order valence-corrected chi connectivity index (χ1v) is 8.32. The summed E-state index contributed by atoms with van der Waals surface area (Å²) in [6, 6.07) is 15.9. The van der Waals surface area contributed by atoms with Crippen molar-refractivity contribution in [3.63, 3.8) is 0 Å². The lowest BCUT2D eigenvalue weighted by Crippen LogP contribution is -2.05. The molecule has 0 unspecified atom stereocenters. The minimum atomic E-state index is -0.958. The standard InChI is InChI=1S/C19H17ClN4O2/c1-12-22-17(21-11-14-4-2-3-5-16(14)20)10-18(23-12)24-15-8-6-13(7-9-15)19(25)26/h2-10H,11H2,1H3,(H,25,26)(H2,21,22,23,24). The molecule has 0 amide bonds. The van der Waals surface area contributed by atoms with E-state index >= 15 is 0 Å². The van der Waals surface area contributed by atoms with Crippen LogP contribution in [0.25, 0.3) is 0 Å². The molecule has 3 aromatic rings. The van der Waals surface area contributed by atoms with Crippen molar-refractivity contribution in [2.24, 2.45) is 0 Å². The van der Waals surface area contributed by atoms with Crippen LogP contribution in [0, 0.1) is 6.92 Å². The van der Waals surface area contributed by atoms with Crippen LogP contribution in [0.4, 0.5) is 17.3 Å². The van der Waals surface area contributed by atoms with E-state index < -0.39 is 5.97 Å². The fourth-order valence-corrected chi connectivity index (χ4v) is 2.60. The second-order valence-electron chi connectivity index (χ2n) is 5.64. The summed E-state index contributed by atoms with van der Waals surface area (Å²) in [7, 11) is 0. The molecular formula is C19H17ClN4O2. The summed E-state index contributed by atoms with van der Waals surface area (Å²) in [5.74, 6) is 0.934. The van der Waals surface area contributed by atoms with Gasteiger partial charge in [0.15, 0.2) is 0 Å². The molecule has 0 bridgehead atoms. The van der Waals surface area contributed by atoms with Gasteiger partial charge in [-0.05, 0) is 42.8 Å². The Hall–Kier alpha value is -3.12. The Morgan fingerprint density at radius 2 is 1.77 bits per heavy atom. The number of nitrogens with zero attached hydrogens (tertiary/aromatic N) is 2. The van der Waals surface area contributed by atoms with Gasteiger partial charge >= 0.3 is 5.97 Å². The number of rotatable bonds is 6. The van der Waals surface area contributed by atoms with Crippen LogP contribution in [-0.2, 0) is 6.54 Å². The average molecular weight is 369 g/mol. The number of halogens is 1. The highest BCUT2D eigenvalue weighted by atomic mass is 35.5. The number of carbonyl (C=O) groups is 1. The summed E-state index contributed by atoms with van der Waals surface area (Å²) in [5.41, 5.74) is 1.95. The van der Waals surface area contributed by atoms with Crippen LogP contribution in [0.3, 0.4) is 0 Å². The topological polar surface area (TPSA) is 87.1 Å². The molecule has 3 N–H and O–H groups in total. The molecule has 0 saturated carbocycles. The SMILES string of the molecule is Cc1nc(NCc2ccccc2Cl)cc(Nc2ccc(C(=O)O)cc2)n1. The zero-order valence-electron chi connectivity index (χ0n) is 14.0. The monoisotopic (exact) mass is 368 g/mol. The Morgan fingerprint density at radius 1 is 1.08 bits per heavy atom. The van der Waals surface area contributed by atoms with Gasteiger partial charge in [0.1, 0.15) is 17.5 Å². The molecule has 1 aromatic heterocycles. The summed E-state index contributed by atoms with van der Waals surface area (Å²) in [5, 5.41) is 16.0. The van der Waals surface area contributed by atoms with Crippen LogP contribution in [0.15, 0.2) is 54.6 Å². The van der Waals surface area contributed by atoms with E-state index in [-0.39, 0.29) is 5.56 Å². The lowest BCUT2D eigenvalue weighted by molar-refractivity contribution is 0.0697. The normalized spacial score (nSPS) is 10.4. The van der Waals surface area contributed by atoms with Crippen molar-refractivity contribution in [3.05, 3.63) is 76.6 Å². The molecular weight excluding hydrogens is 352 g/mol. The number of aromatic carboxylic acids is 1. The van der Waals surface area contributed by atoms with Crippen molar-refractivity contribution >= 4 is 34.9 Å². The fraction of sp³-hybridized carbons (Fsp3) is 0.105. The Bertz CT molecular complexity index is 929. The molecule has 132 valence electrons. The third-order valence-corrected chi connectivity index (χ3v) is 4.03. The summed E-state index contributed by atoms with van der Waals surface area (Å²) >= 11 is 6.17. The van der Waals surface area contributed by atoms with Gasteiger partial charge < -0.3 is 15.7 Å². The zero-order valence-corrected chi connectivity index (χ0v) is 14.8. The highest BCUT2D eigenvalue weighted by Gasteiger charge is 2.06. The molecule has 0 aliphatic heterocycles. The Kier molecular flexibility index (Phi) is 5.34. The maximum atomic E-state index is 10.9. The number of hydrogen-bond donors (Lipinski definition) is 3. The predicted molar refractivity (Wildman–Crippen MR) is 102 cm³/mol. The maximum absolute atomic E-state index is 10.9. The highest BCUT2D eigenvalue weighted by Crippen LogP contribution is 2.20. The largest absolute Gasteiger partial charge is 0.478 e. The quantitative estimate of drug-likeness (QED) is 0.594. The third kappa shape index (κ3) is 4.49. The molecule has 0 aliphatic rings. The minimum Gasteiger partial charge on any atom is -0.478 e. The van der Waals surface area contributed by atoms with Gasteiger partial charge in [0.2, 0.25) is 0 Å². The van der Waals surface area contributed by atoms with Crippen LogP contribution < -0.4 is 10.6 Å². The number of nitrogens with one attached hydrogen (secondary N) is 2. The fourth-order valence-electron chi connectivity index (χ4n) is 2.39. The number of aryl methyl sites for hydroxylation is 1. The predicted octanol–water partition coefficient (Wildman–Crippen LogP) is 4.49. The zero-order chi connectivity index (χ0) is 18.5. The molecule has 26 heavy (non-hydrogen) atoms. The van der Waals surface area contributed by atoms with Crippen molar-refractivity contribution in [1.29, 1.82) is 0 Å². The van der Waals surface area contributed by atoms with Gasteiger partial charge in [0.05, 0.1) is 5.56 Å². The van der Waals surface area contributed by atoms with Crippen LogP contribution in [-0.4, -0.2) is 21.0 Å². The van der Waals surface area contributed by atoms with Crippen molar-refractivity contribution in [1.82, 2.24) is 9.97 Å². The molecule has 0 aliphatic carbocycles. The molecule has 0 fully saturated rings. The van der Waals surface area contributed by atoms with E-state index in [9.17, 15) is 4.79 Å². The Labute approximate surface area is 155 Å². The number of benzene rings is 2. The van der Waals surface area contributed by atoms with E-state index in [0.717, 1.165) is 11.3 Å². The number of carboxylic acids is 1. The summed E-state index contributed by atoms with van der Waals surface area (Å²) in [6.45, 7) is 2.35. The molecule has 7 heteroatoms. The van der Waals surface area contributed by atoms with Crippen molar-refractivity contribution in [2.75, 3.05) is 10.6 Å². The van der Waals surface area contributed by atoms with Crippen molar-refractivity contribution in [2.45, 2.75) is 13.5 Å². The summed E-state index contributed by atoms with van der Waals surface area (Å²) in [6.07, 6.45) is 0. The van der Waals surface area contributed by atoms with Gasteiger partial charge in [-0.25, -0.2) is 14.8 Å². The highest BCUT2D eigenvalue weighted by molar-refractivity contribution is 6.31. The van der Waals surface area contributed by atoms with Crippen molar-refractivity contribution < 1.29 is 9.90 Å². The van der Waals surface area contributed by atoms with Crippen LogP contribution in [0.2, 0.25) is 5.02 Å². The Morgan fingerprint density at radius 3 is 2.46 bits per heavy atom. The lowest BCUT2D eigenvalue weighted by atomic mass is 10.2. The van der Waals surface area contributed by atoms with E-state index in [1.165, 1.54) is 12.1 Å². The van der Waals surface area contributed by atoms with Gasteiger partial charge in [0.25, 0.3) is 0 Å². The second-order valence-corrected chi connectivity index (χ2v) is 6.05. The molecule has 1 heterocycles. The van der Waals surface area contributed by atoms with Gasteiger partial charge in [0, 0.05) is 23.3 Å². The molecule has 2 aromatic carbocycles. The van der Waals surface area contributed by atoms with Crippen LogP contribution in [0.5, 0.6) is 0 Å². The number of carboxylic acid groups (broad SMARTS) is 1. The molecule has 0 atom stereocenters. The molecule has 0 radical (unpaired) electrons. The smallest absolute Gasteiger partial charge is 0.335 e. The molecule has 6 nitrogen and oxygen atoms in total. The number of anilines is 3. The van der Waals surface area contributed by atoms with E-state index in [2.05, 4.69) is 20.6 Å². The first-order valence-electron chi connectivity index (χ1n) is 7.94. The maximum Gasteiger partial charge on any atom is 0.335 e. The summed E-state index contributed by atoms with van der Waals surface area (Å²) < 4.78 is 0.